The number of ether oxygens (including phenoxy) is 1. The van der Waals surface area contributed by atoms with Crippen molar-refractivity contribution < 1.29 is 14.6 Å². The first-order chi connectivity index (χ1) is 14.0. The van der Waals surface area contributed by atoms with Crippen LogP contribution < -0.4 is 4.74 Å². The number of aliphatic hydroxyl groups excluding tert-OH is 1. The number of hydrogen-bond acceptors (Lipinski definition) is 7. The molecule has 1 N–H and O–H groups in total. The van der Waals surface area contributed by atoms with Crippen molar-refractivity contribution in [1.82, 2.24) is 19.7 Å². The van der Waals surface area contributed by atoms with Crippen molar-refractivity contribution in [3.05, 3.63) is 45.9 Å². The number of benzene rings is 1. The molecule has 156 valence electrons. The van der Waals surface area contributed by atoms with Crippen molar-refractivity contribution in [2.75, 3.05) is 46.4 Å². The van der Waals surface area contributed by atoms with Crippen LogP contribution in [0.3, 0.4) is 0 Å². The summed E-state index contributed by atoms with van der Waals surface area (Å²) in [5.41, 5.74) is 1.76. The number of hydrogen-bond donors (Lipinski definition) is 1. The molecule has 29 heavy (non-hydrogen) atoms. The molecule has 0 aliphatic carbocycles. The standard InChI is InChI=1S/C21H28N4O3S/c1-15-22-17(14-29-15)11-23-7-9-24(10-8-23)19-12-25(13-20(19)26)21(27)16-3-5-18(28-2)6-4-16/h3-6,14,19-20,26H,7-13H2,1-2H3/t19-,20-/m0/s1. The van der Waals surface area contributed by atoms with E-state index in [0.29, 0.717) is 18.7 Å². The highest BCUT2D eigenvalue weighted by Gasteiger charge is 2.38. The summed E-state index contributed by atoms with van der Waals surface area (Å²) >= 11 is 1.69. The van der Waals surface area contributed by atoms with Gasteiger partial charge in [0.2, 0.25) is 0 Å². The Hall–Kier alpha value is -2.00. The number of thiazole rings is 1. The summed E-state index contributed by atoms with van der Waals surface area (Å²) in [6, 6.07) is 7.14. The third-order valence-corrected chi connectivity index (χ3v) is 6.63. The number of amides is 1. The molecule has 0 spiro atoms. The van der Waals surface area contributed by atoms with Crippen LogP contribution in [0.15, 0.2) is 29.6 Å². The lowest BCUT2D eigenvalue weighted by Gasteiger charge is -2.38. The van der Waals surface area contributed by atoms with Crippen LogP contribution >= 0.6 is 11.3 Å². The molecule has 1 amide bonds. The first-order valence-electron chi connectivity index (χ1n) is 10.0. The monoisotopic (exact) mass is 416 g/mol. The van der Waals surface area contributed by atoms with Crippen LogP contribution in [-0.4, -0.2) is 89.2 Å². The maximum Gasteiger partial charge on any atom is 0.254 e. The predicted molar refractivity (Wildman–Crippen MR) is 112 cm³/mol. The second kappa shape index (κ2) is 8.79. The zero-order chi connectivity index (χ0) is 20.4. The Labute approximate surface area is 175 Å². The second-order valence-corrected chi connectivity index (χ2v) is 8.81. The van der Waals surface area contributed by atoms with Crippen molar-refractivity contribution in [2.45, 2.75) is 25.6 Å². The SMILES string of the molecule is COc1ccc(C(=O)N2C[C@H](O)[C@@H](N3CCN(Cc4csc(C)n4)CC3)C2)cc1. The number of carbonyl (C=O) groups excluding carboxylic acids is 1. The first-order valence-corrected chi connectivity index (χ1v) is 10.9. The molecule has 2 aromatic rings. The van der Waals surface area contributed by atoms with E-state index in [0.717, 1.165) is 49.2 Å². The minimum atomic E-state index is -0.509. The number of methoxy groups -OCH3 is 1. The lowest BCUT2D eigenvalue weighted by Crippen LogP contribution is -2.53. The van der Waals surface area contributed by atoms with E-state index in [1.165, 1.54) is 0 Å². The Balaban J connectivity index is 1.31. The van der Waals surface area contributed by atoms with E-state index in [9.17, 15) is 9.90 Å². The molecule has 2 saturated heterocycles. The Morgan fingerprint density at radius 2 is 1.93 bits per heavy atom. The van der Waals surface area contributed by atoms with Crippen LogP contribution in [0.1, 0.15) is 21.1 Å². The molecule has 0 radical (unpaired) electrons. The molecule has 2 aliphatic rings. The predicted octanol–water partition coefficient (Wildman–Crippen LogP) is 1.46. The van der Waals surface area contributed by atoms with Gasteiger partial charge in [-0.15, -0.1) is 11.3 Å². The third kappa shape index (κ3) is 4.61. The summed E-state index contributed by atoms with van der Waals surface area (Å²) in [5.74, 6) is 0.693. The lowest BCUT2D eigenvalue weighted by molar-refractivity contribution is 0.0420. The number of nitrogens with zero attached hydrogens (tertiary/aromatic N) is 4. The van der Waals surface area contributed by atoms with Crippen molar-refractivity contribution in [1.29, 1.82) is 0 Å². The quantitative estimate of drug-likeness (QED) is 0.796. The molecule has 0 bridgehead atoms. The largest absolute Gasteiger partial charge is 0.497 e. The highest BCUT2D eigenvalue weighted by Crippen LogP contribution is 2.22. The molecule has 2 atom stereocenters. The molecule has 7 nitrogen and oxygen atoms in total. The second-order valence-electron chi connectivity index (χ2n) is 7.74. The van der Waals surface area contributed by atoms with Gasteiger partial charge in [-0.3, -0.25) is 14.6 Å². The van der Waals surface area contributed by atoms with E-state index in [1.54, 1.807) is 47.6 Å². The Morgan fingerprint density at radius 3 is 2.55 bits per heavy atom. The van der Waals surface area contributed by atoms with Crippen molar-refractivity contribution in [3.63, 3.8) is 0 Å². The van der Waals surface area contributed by atoms with Gasteiger partial charge in [-0.1, -0.05) is 0 Å². The van der Waals surface area contributed by atoms with Crippen LogP contribution in [0.5, 0.6) is 5.75 Å². The average molecular weight is 417 g/mol. The fourth-order valence-electron chi connectivity index (χ4n) is 4.17. The van der Waals surface area contributed by atoms with Gasteiger partial charge < -0.3 is 14.7 Å². The zero-order valence-electron chi connectivity index (χ0n) is 17.0. The lowest BCUT2D eigenvalue weighted by atomic mass is 10.1. The Bertz CT molecular complexity index is 833. The van der Waals surface area contributed by atoms with Gasteiger partial charge in [-0.2, -0.15) is 0 Å². The summed E-state index contributed by atoms with van der Waals surface area (Å²) in [5, 5.41) is 13.9. The maximum atomic E-state index is 12.8. The molecule has 2 fully saturated rings. The molecule has 0 saturated carbocycles. The molecule has 2 aliphatic heterocycles. The molecule has 1 aromatic carbocycles. The molecule has 1 aromatic heterocycles. The zero-order valence-corrected chi connectivity index (χ0v) is 17.8. The maximum absolute atomic E-state index is 12.8. The van der Waals surface area contributed by atoms with Gasteiger partial charge in [0, 0.05) is 56.8 Å². The van der Waals surface area contributed by atoms with Crippen LogP contribution in [0.2, 0.25) is 0 Å². The van der Waals surface area contributed by atoms with Crippen LogP contribution in [0.25, 0.3) is 0 Å². The van der Waals surface area contributed by atoms with Gasteiger partial charge in [-0.05, 0) is 31.2 Å². The van der Waals surface area contributed by atoms with Gasteiger partial charge in [0.15, 0.2) is 0 Å². The van der Waals surface area contributed by atoms with Crippen molar-refractivity contribution in [3.8, 4) is 5.75 Å². The summed E-state index contributed by atoms with van der Waals surface area (Å²) in [4.78, 5) is 23.9. The van der Waals surface area contributed by atoms with Crippen molar-refractivity contribution >= 4 is 17.2 Å². The highest BCUT2D eigenvalue weighted by molar-refractivity contribution is 7.09. The van der Waals surface area contributed by atoms with E-state index in [-0.39, 0.29) is 11.9 Å². The molecular formula is C21H28N4O3S. The summed E-state index contributed by atoms with van der Waals surface area (Å²) < 4.78 is 5.16. The summed E-state index contributed by atoms with van der Waals surface area (Å²) in [6.45, 7) is 7.56. The normalized spacial score (nSPS) is 23.5. The molecule has 3 heterocycles. The number of carbonyl (C=O) groups is 1. The number of piperazine rings is 1. The number of aliphatic hydroxyl groups is 1. The summed E-state index contributed by atoms with van der Waals surface area (Å²) in [6.07, 6.45) is -0.509. The molecule has 0 unspecified atom stereocenters. The smallest absolute Gasteiger partial charge is 0.254 e. The van der Waals surface area contributed by atoms with E-state index in [4.69, 9.17) is 4.74 Å². The third-order valence-electron chi connectivity index (χ3n) is 5.81. The number of aromatic nitrogens is 1. The van der Waals surface area contributed by atoms with Crippen LogP contribution in [-0.2, 0) is 6.54 Å². The summed E-state index contributed by atoms with van der Waals surface area (Å²) in [7, 11) is 1.61. The number of rotatable bonds is 5. The van der Waals surface area contributed by atoms with Gasteiger partial charge in [0.1, 0.15) is 5.75 Å². The fraction of sp³-hybridized carbons (Fsp3) is 0.524. The van der Waals surface area contributed by atoms with Crippen molar-refractivity contribution in [2.24, 2.45) is 0 Å². The number of β-amino-alcohol motifs (C(OH)–C–C–N with tert-alkyl or cyclic N) is 1. The Kier molecular flexibility index (Phi) is 6.15. The minimum absolute atomic E-state index is 0.000801. The number of aryl methyl sites for hydroxylation is 1. The fourth-order valence-corrected chi connectivity index (χ4v) is 4.78. The van der Waals surface area contributed by atoms with Gasteiger partial charge in [0.25, 0.3) is 5.91 Å². The van der Waals surface area contributed by atoms with Crippen LogP contribution in [0.4, 0.5) is 0 Å². The van der Waals surface area contributed by atoms with E-state index >= 15 is 0 Å². The van der Waals surface area contributed by atoms with E-state index in [1.807, 2.05) is 6.92 Å². The van der Waals surface area contributed by atoms with E-state index in [2.05, 4.69) is 20.2 Å². The Morgan fingerprint density at radius 1 is 1.21 bits per heavy atom. The first kappa shape index (κ1) is 20.3. The van der Waals surface area contributed by atoms with Gasteiger partial charge >= 0.3 is 0 Å². The van der Waals surface area contributed by atoms with Gasteiger partial charge in [0.05, 0.1) is 30.0 Å². The van der Waals surface area contributed by atoms with Gasteiger partial charge in [-0.25, -0.2) is 4.98 Å². The van der Waals surface area contributed by atoms with Crippen LogP contribution in [0, 0.1) is 6.92 Å². The minimum Gasteiger partial charge on any atom is -0.497 e. The average Bonchev–Trinajstić information content (AvgIpc) is 3.33. The molecule has 8 heteroatoms. The molecule has 4 rings (SSSR count). The molecular weight excluding hydrogens is 388 g/mol. The topological polar surface area (TPSA) is 69.1 Å². The number of likely N-dealkylation sites (tertiary alicyclic amines) is 1. The van der Waals surface area contributed by atoms with E-state index < -0.39 is 6.10 Å². The highest BCUT2D eigenvalue weighted by atomic mass is 32.1.